The van der Waals surface area contributed by atoms with Crippen LogP contribution in [0.2, 0.25) is 0 Å². The number of nitrogens with one attached hydrogen (secondary N) is 1. The van der Waals surface area contributed by atoms with E-state index < -0.39 is 0 Å². The van der Waals surface area contributed by atoms with Crippen LogP contribution in [0.4, 0.5) is 10.2 Å². The second-order valence-corrected chi connectivity index (χ2v) is 6.80. The van der Waals surface area contributed by atoms with Gasteiger partial charge in [-0.3, -0.25) is 4.68 Å². The third-order valence-corrected chi connectivity index (χ3v) is 5.02. The lowest BCUT2D eigenvalue weighted by Crippen LogP contribution is -2.38. The first kappa shape index (κ1) is 17.4. The van der Waals surface area contributed by atoms with Crippen molar-refractivity contribution in [3.05, 3.63) is 45.3 Å². The number of rotatable bonds is 5. The van der Waals surface area contributed by atoms with Crippen LogP contribution in [0, 0.1) is 12.7 Å². The fourth-order valence-corrected chi connectivity index (χ4v) is 3.46. The molecule has 2 aromatic rings. The minimum Gasteiger partial charge on any atom is -0.378 e. The van der Waals surface area contributed by atoms with E-state index in [2.05, 4.69) is 31.2 Å². The zero-order valence-electron chi connectivity index (χ0n) is 14.0. The molecule has 1 fully saturated rings. The van der Waals surface area contributed by atoms with Crippen LogP contribution < -0.4 is 10.2 Å². The van der Waals surface area contributed by atoms with E-state index in [0.717, 1.165) is 47.9 Å². The van der Waals surface area contributed by atoms with Crippen LogP contribution in [0.15, 0.2) is 22.7 Å². The third-order valence-electron chi connectivity index (χ3n) is 4.25. The third kappa shape index (κ3) is 3.79. The SMILES string of the molecule is Cc1nn(C)c(N2CCOCC2)c1CNCc1cc(F)ccc1Br. The van der Waals surface area contributed by atoms with Crippen molar-refractivity contribution in [3.63, 3.8) is 0 Å². The smallest absolute Gasteiger partial charge is 0.131 e. The summed E-state index contributed by atoms with van der Waals surface area (Å²) in [5.74, 6) is 0.920. The molecule has 1 aromatic heterocycles. The van der Waals surface area contributed by atoms with Crippen LogP contribution in [-0.2, 0) is 24.9 Å². The Balaban J connectivity index is 1.72. The Morgan fingerprint density at radius 3 is 2.79 bits per heavy atom. The van der Waals surface area contributed by atoms with Gasteiger partial charge in [-0.15, -0.1) is 0 Å². The van der Waals surface area contributed by atoms with Gasteiger partial charge in [0.25, 0.3) is 0 Å². The fraction of sp³-hybridized carbons (Fsp3) is 0.471. The summed E-state index contributed by atoms with van der Waals surface area (Å²) in [5, 5.41) is 7.98. The van der Waals surface area contributed by atoms with E-state index in [4.69, 9.17) is 4.74 Å². The van der Waals surface area contributed by atoms with Gasteiger partial charge >= 0.3 is 0 Å². The molecule has 130 valence electrons. The molecule has 0 unspecified atom stereocenters. The molecule has 1 saturated heterocycles. The quantitative estimate of drug-likeness (QED) is 0.843. The maximum absolute atomic E-state index is 13.4. The van der Waals surface area contributed by atoms with Gasteiger partial charge in [-0.2, -0.15) is 5.10 Å². The maximum atomic E-state index is 13.4. The monoisotopic (exact) mass is 396 g/mol. The zero-order chi connectivity index (χ0) is 17.1. The number of aromatic nitrogens is 2. The molecule has 0 saturated carbocycles. The van der Waals surface area contributed by atoms with E-state index in [1.807, 2.05) is 18.7 Å². The lowest BCUT2D eigenvalue weighted by atomic mass is 10.2. The molecule has 3 rings (SSSR count). The highest BCUT2D eigenvalue weighted by molar-refractivity contribution is 9.10. The molecule has 0 radical (unpaired) electrons. The van der Waals surface area contributed by atoms with Crippen molar-refractivity contribution < 1.29 is 9.13 Å². The minimum absolute atomic E-state index is 0.221. The Hall–Kier alpha value is -1.44. The predicted octanol–water partition coefficient (Wildman–Crippen LogP) is 2.76. The topological polar surface area (TPSA) is 42.3 Å². The summed E-state index contributed by atoms with van der Waals surface area (Å²) in [6, 6.07) is 4.74. The molecule has 0 amide bonds. The molecule has 0 aliphatic carbocycles. The number of aryl methyl sites for hydroxylation is 2. The molecule has 1 aromatic carbocycles. The van der Waals surface area contributed by atoms with Crippen molar-refractivity contribution in [1.82, 2.24) is 15.1 Å². The summed E-state index contributed by atoms with van der Waals surface area (Å²) in [7, 11) is 1.98. The van der Waals surface area contributed by atoms with Crippen molar-refractivity contribution in [2.75, 3.05) is 31.2 Å². The normalized spacial score (nSPS) is 15.1. The Bertz CT molecular complexity index is 713. The Labute approximate surface area is 149 Å². The number of hydrogen-bond donors (Lipinski definition) is 1. The van der Waals surface area contributed by atoms with Crippen molar-refractivity contribution in [3.8, 4) is 0 Å². The van der Waals surface area contributed by atoms with Gasteiger partial charge in [0, 0.05) is 43.3 Å². The van der Waals surface area contributed by atoms with Gasteiger partial charge in [-0.25, -0.2) is 4.39 Å². The van der Waals surface area contributed by atoms with Gasteiger partial charge in [0.15, 0.2) is 0 Å². The standard InChI is InChI=1S/C17H22BrFN4O/c1-12-15(11-20-10-13-9-14(19)3-4-16(13)18)17(22(2)21-12)23-5-7-24-8-6-23/h3-4,9,20H,5-8,10-11H2,1-2H3. The second kappa shape index (κ2) is 7.63. The van der Waals surface area contributed by atoms with Crippen LogP contribution in [0.5, 0.6) is 0 Å². The molecular weight excluding hydrogens is 375 g/mol. The highest BCUT2D eigenvalue weighted by Gasteiger charge is 2.21. The van der Waals surface area contributed by atoms with E-state index in [0.29, 0.717) is 13.1 Å². The second-order valence-electron chi connectivity index (χ2n) is 5.95. The van der Waals surface area contributed by atoms with Gasteiger partial charge in [0.1, 0.15) is 11.6 Å². The molecule has 1 N–H and O–H groups in total. The number of anilines is 1. The molecule has 1 aliphatic heterocycles. The molecule has 0 atom stereocenters. The predicted molar refractivity (Wildman–Crippen MR) is 95.6 cm³/mol. The van der Waals surface area contributed by atoms with E-state index in [1.54, 1.807) is 12.1 Å². The molecule has 1 aliphatic rings. The fourth-order valence-electron chi connectivity index (χ4n) is 3.07. The molecule has 5 nitrogen and oxygen atoms in total. The minimum atomic E-state index is -0.221. The summed E-state index contributed by atoms with van der Waals surface area (Å²) in [6.07, 6.45) is 0. The number of benzene rings is 1. The van der Waals surface area contributed by atoms with Gasteiger partial charge in [0.05, 0.1) is 18.9 Å². The van der Waals surface area contributed by atoms with Gasteiger partial charge in [-0.05, 0) is 30.7 Å². The van der Waals surface area contributed by atoms with Gasteiger partial charge in [-0.1, -0.05) is 15.9 Å². The maximum Gasteiger partial charge on any atom is 0.131 e. The number of ether oxygens (including phenoxy) is 1. The summed E-state index contributed by atoms with van der Waals surface area (Å²) in [4.78, 5) is 2.32. The van der Waals surface area contributed by atoms with Crippen LogP contribution in [-0.4, -0.2) is 36.1 Å². The van der Waals surface area contributed by atoms with Crippen LogP contribution in [0.25, 0.3) is 0 Å². The highest BCUT2D eigenvalue weighted by atomic mass is 79.9. The van der Waals surface area contributed by atoms with E-state index in [9.17, 15) is 4.39 Å². The first-order valence-electron chi connectivity index (χ1n) is 8.06. The molecule has 24 heavy (non-hydrogen) atoms. The van der Waals surface area contributed by atoms with Crippen LogP contribution >= 0.6 is 15.9 Å². The Morgan fingerprint density at radius 2 is 2.04 bits per heavy atom. The van der Waals surface area contributed by atoms with E-state index in [-0.39, 0.29) is 5.82 Å². The van der Waals surface area contributed by atoms with Crippen molar-refractivity contribution in [2.24, 2.45) is 7.05 Å². The Morgan fingerprint density at radius 1 is 1.29 bits per heavy atom. The highest BCUT2D eigenvalue weighted by Crippen LogP contribution is 2.24. The van der Waals surface area contributed by atoms with Crippen molar-refractivity contribution in [2.45, 2.75) is 20.0 Å². The van der Waals surface area contributed by atoms with Gasteiger partial charge < -0.3 is 15.0 Å². The van der Waals surface area contributed by atoms with Crippen LogP contribution in [0.3, 0.4) is 0 Å². The zero-order valence-corrected chi connectivity index (χ0v) is 15.6. The molecule has 0 spiro atoms. The summed E-state index contributed by atoms with van der Waals surface area (Å²) in [6.45, 7) is 6.55. The van der Waals surface area contributed by atoms with E-state index in [1.165, 1.54) is 11.6 Å². The lowest BCUT2D eigenvalue weighted by molar-refractivity contribution is 0.122. The molecule has 0 bridgehead atoms. The lowest BCUT2D eigenvalue weighted by Gasteiger charge is -2.29. The first-order chi connectivity index (χ1) is 11.6. The van der Waals surface area contributed by atoms with Crippen molar-refractivity contribution >= 4 is 21.7 Å². The average Bonchev–Trinajstić information content (AvgIpc) is 2.85. The number of halogens is 2. The van der Waals surface area contributed by atoms with Crippen molar-refractivity contribution in [1.29, 1.82) is 0 Å². The number of morpholine rings is 1. The Kier molecular flexibility index (Phi) is 5.53. The molecule has 7 heteroatoms. The van der Waals surface area contributed by atoms with Gasteiger partial charge in [0.2, 0.25) is 0 Å². The molecule has 2 heterocycles. The van der Waals surface area contributed by atoms with Crippen LogP contribution in [0.1, 0.15) is 16.8 Å². The summed E-state index contributed by atoms with van der Waals surface area (Å²) < 4.78 is 21.7. The first-order valence-corrected chi connectivity index (χ1v) is 8.85. The van der Waals surface area contributed by atoms with E-state index >= 15 is 0 Å². The summed E-state index contributed by atoms with van der Waals surface area (Å²) >= 11 is 3.47. The summed E-state index contributed by atoms with van der Waals surface area (Å²) in [5.41, 5.74) is 3.11. The molecular formula is C17H22BrFN4O. The number of hydrogen-bond acceptors (Lipinski definition) is 4. The average molecular weight is 397 g/mol. The largest absolute Gasteiger partial charge is 0.378 e. The number of nitrogens with zero attached hydrogens (tertiary/aromatic N) is 3.